The lowest BCUT2D eigenvalue weighted by atomic mass is 9.82. The molecule has 0 aliphatic heterocycles. The van der Waals surface area contributed by atoms with Crippen LogP contribution < -0.4 is 0 Å². The molecule has 0 radical (unpaired) electrons. The van der Waals surface area contributed by atoms with Crippen molar-refractivity contribution in [2.75, 3.05) is 20.6 Å². The number of nitrogens with zero attached hydrogens (tertiary/aromatic N) is 1. The zero-order valence-electron chi connectivity index (χ0n) is 21.3. The first-order valence-electron chi connectivity index (χ1n) is 13.4. The van der Waals surface area contributed by atoms with Gasteiger partial charge in [0.1, 0.15) is 0 Å². The summed E-state index contributed by atoms with van der Waals surface area (Å²) in [6.07, 6.45) is 23.8. The van der Waals surface area contributed by atoms with Crippen molar-refractivity contribution in [1.29, 1.82) is 0 Å². The lowest BCUT2D eigenvalue weighted by molar-refractivity contribution is 0.00202. The molecule has 0 spiro atoms. The molecule has 180 valence electrons. The van der Waals surface area contributed by atoms with E-state index in [4.69, 9.17) is 0 Å². The van der Waals surface area contributed by atoms with Crippen LogP contribution in [0.15, 0.2) is 12.7 Å². The van der Waals surface area contributed by atoms with Crippen molar-refractivity contribution in [2.24, 2.45) is 11.8 Å². The fraction of sp³-hybridized carbons (Fsp3) is 0.862. The third-order valence-corrected chi connectivity index (χ3v) is 6.95. The van der Waals surface area contributed by atoms with Gasteiger partial charge in [0, 0.05) is 12.3 Å². The van der Waals surface area contributed by atoms with Crippen molar-refractivity contribution in [3.8, 4) is 11.8 Å². The second kappa shape index (κ2) is 17.7. The van der Waals surface area contributed by atoms with E-state index in [2.05, 4.69) is 44.3 Å². The number of aliphatic hydroxyl groups is 1. The fourth-order valence-corrected chi connectivity index (χ4v) is 5.05. The molecule has 1 saturated carbocycles. The van der Waals surface area contributed by atoms with Gasteiger partial charge in [0.15, 0.2) is 0 Å². The third-order valence-electron chi connectivity index (χ3n) is 6.95. The molecular weight excluding hydrogens is 378 g/mol. The molecule has 2 nitrogen and oxygen atoms in total. The zero-order valence-corrected chi connectivity index (χ0v) is 21.3. The molecule has 0 aromatic carbocycles. The molecule has 1 aliphatic rings. The lowest BCUT2D eigenvalue weighted by Gasteiger charge is -2.30. The van der Waals surface area contributed by atoms with Gasteiger partial charge in [-0.15, -0.1) is 18.4 Å². The van der Waals surface area contributed by atoms with Crippen molar-refractivity contribution in [3.63, 3.8) is 0 Å². The Labute approximate surface area is 195 Å². The maximum absolute atomic E-state index is 11.5. The summed E-state index contributed by atoms with van der Waals surface area (Å²) in [5.74, 6) is 8.08. The third kappa shape index (κ3) is 15.6. The SMILES string of the molecule is C=CCCCCCCCCCC(O)(CCCCN(C)C)CC(C)C#CCC1CCCC1. The largest absolute Gasteiger partial charge is 0.390 e. The average molecular weight is 432 g/mol. The summed E-state index contributed by atoms with van der Waals surface area (Å²) < 4.78 is 0. The second-order valence-electron chi connectivity index (χ2n) is 10.6. The van der Waals surface area contributed by atoms with Gasteiger partial charge in [-0.2, -0.15) is 0 Å². The first kappa shape index (κ1) is 28.3. The Morgan fingerprint density at radius 2 is 1.55 bits per heavy atom. The molecule has 0 heterocycles. The van der Waals surface area contributed by atoms with Crippen LogP contribution in [0.2, 0.25) is 0 Å². The van der Waals surface area contributed by atoms with Crippen LogP contribution in [-0.4, -0.2) is 36.2 Å². The molecule has 0 aromatic heterocycles. The van der Waals surface area contributed by atoms with E-state index in [1.807, 2.05) is 6.08 Å². The van der Waals surface area contributed by atoms with Crippen LogP contribution in [0, 0.1) is 23.7 Å². The van der Waals surface area contributed by atoms with Crippen LogP contribution in [-0.2, 0) is 0 Å². The van der Waals surface area contributed by atoms with Gasteiger partial charge in [-0.25, -0.2) is 0 Å². The summed E-state index contributed by atoms with van der Waals surface area (Å²) in [5, 5.41) is 11.5. The number of allylic oxidation sites excluding steroid dienone is 1. The Morgan fingerprint density at radius 1 is 0.968 bits per heavy atom. The summed E-state index contributed by atoms with van der Waals surface area (Å²) in [6.45, 7) is 7.13. The molecule has 1 N–H and O–H groups in total. The molecule has 31 heavy (non-hydrogen) atoms. The smallest absolute Gasteiger partial charge is 0.0659 e. The molecular formula is C29H53NO. The molecule has 2 heteroatoms. The molecule has 0 aromatic rings. The maximum Gasteiger partial charge on any atom is 0.0659 e. The summed E-state index contributed by atoms with van der Waals surface area (Å²) in [6, 6.07) is 0. The van der Waals surface area contributed by atoms with Crippen molar-refractivity contribution < 1.29 is 5.11 Å². The Bertz CT molecular complexity index is 497. The predicted molar refractivity (Wildman–Crippen MR) is 137 cm³/mol. The summed E-state index contributed by atoms with van der Waals surface area (Å²) in [5.41, 5.74) is -0.530. The summed E-state index contributed by atoms with van der Waals surface area (Å²) in [7, 11) is 4.26. The predicted octanol–water partition coefficient (Wildman–Crippen LogP) is 7.76. The van der Waals surface area contributed by atoms with Crippen molar-refractivity contribution in [1.82, 2.24) is 4.90 Å². The molecule has 2 unspecified atom stereocenters. The number of hydrogen-bond donors (Lipinski definition) is 1. The standard InChI is InChI=1S/C29H53NO/c1-5-6-7-8-9-10-11-12-15-23-29(31,24-16-17-25-30(3)4)26-27(2)19-18-22-28-20-13-14-21-28/h5,27-28,31H,1,6-17,20-26H2,2-4H3. The highest BCUT2D eigenvalue weighted by Gasteiger charge is 2.27. The number of hydrogen-bond acceptors (Lipinski definition) is 2. The molecule has 1 rings (SSSR count). The average Bonchev–Trinajstić information content (AvgIpc) is 3.23. The van der Waals surface area contributed by atoms with Gasteiger partial charge in [-0.1, -0.05) is 64.4 Å². The van der Waals surface area contributed by atoms with Gasteiger partial charge in [-0.05, 0) is 84.3 Å². The van der Waals surface area contributed by atoms with Crippen LogP contribution >= 0.6 is 0 Å². The van der Waals surface area contributed by atoms with Gasteiger partial charge in [0.2, 0.25) is 0 Å². The lowest BCUT2D eigenvalue weighted by Crippen LogP contribution is -2.31. The summed E-state index contributed by atoms with van der Waals surface area (Å²) in [4.78, 5) is 2.24. The van der Waals surface area contributed by atoms with E-state index in [1.165, 1.54) is 70.6 Å². The topological polar surface area (TPSA) is 23.5 Å². The van der Waals surface area contributed by atoms with E-state index < -0.39 is 5.60 Å². The normalized spacial score (nSPS) is 17.3. The Balaban J connectivity index is 2.37. The highest BCUT2D eigenvalue weighted by Crippen LogP contribution is 2.30. The second-order valence-corrected chi connectivity index (χ2v) is 10.6. The van der Waals surface area contributed by atoms with Crippen LogP contribution in [0.25, 0.3) is 0 Å². The van der Waals surface area contributed by atoms with Crippen LogP contribution in [0.5, 0.6) is 0 Å². The summed E-state index contributed by atoms with van der Waals surface area (Å²) >= 11 is 0. The molecule has 1 aliphatic carbocycles. The van der Waals surface area contributed by atoms with Crippen molar-refractivity contribution >= 4 is 0 Å². The maximum atomic E-state index is 11.5. The highest BCUT2D eigenvalue weighted by molar-refractivity contribution is 5.05. The number of rotatable bonds is 18. The quantitative estimate of drug-likeness (QED) is 0.136. The monoisotopic (exact) mass is 431 g/mol. The van der Waals surface area contributed by atoms with Gasteiger partial charge in [-0.3, -0.25) is 0 Å². The van der Waals surface area contributed by atoms with Crippen LogP contribution in [0.3, 0.4) is 0 Å². The minimum absolute atomic E-state index is 0.296. The van der Waals surface area contributed by atoms with E-state index in [1.54, 1.807) is 0 Å². The van der Waals surface area contributed by atoms with Crippen LogP contribution in [0.4, 0.5) is 0 Å². The van der Waals surface area contributed by atoms with E-state index in [0.717, 1.165) is 57.4 Å². The highest BCUT2D eigenvalue weighted by atomic mass is 16.3. The first-order chi connectivity index (χ1) is 14.9. The first-order valence-corrected chi connectivity index (χ1v) is 13.4. The molecule has 0 bridgehead atoms. The van der Waals surface area contributed by atoms with Gasteiger partial charge in [0.05, 0.1) is 5.60 Å². The van der Waals surface area contributed by atoms with Crippen molar-refractivity contribution in [2.45, 2.75) is 128 Å². The minimum Gasteiger partial charge on any atom is -0.390 e. The van der Waals surface area contributed by atoms with Gasteiger partial charge in [0.25, 0.3) is 0 Å². The van der Waals surface area contributed by atoms with Crippen LogP contribution in [0.1, 0.15) is 122 Å². The molecule has 2 atom stereocenters. The van der Waals surface area contributed by atoms with Crippen molar-refractivity contribution in [3.05, 3.63) is 12.7 Å². The van der Waals surface area contributed by atoms with E-state index in [-0.39, 0.29) is 0 Å². The van der Waals surface area contributed by atoms with E-state index in [9.17, 15) is 5.11 Å². The molecule has 1 fully saturated rings. The minimum atomic E-state index is -0.530. The zero-order chi connectivity index (χ0) is 22.8. The number of unbranched alkanes of at least 4 members (excludes halogenated alkanes) is 8. The van der Waals surface area contributed by atoms with Gasteiger partial charge < -0.3 is 10.0 Å². The van der Waals surface area contributed by atoms with Gasteiger partial charge >= 0.3 is 0 Å². The Hall–Kier alpha value is -0.780. The molecule has 0 saturated heterocycles. The Morgan fingerprint density at radius 3 is 2.16 bits per heavy atom. The fourth-order valence-electron chi connectivity index (χ4n) is 5.05. The van der Waals surface area contributed by atoms with E-state index >= 15 is 0 Å². The Kier molecular flexibility index (Phi) is 16.2. The molecule has 0 amide bonds. The van der Waals surface area contributed by atoms with E-state index in [0.29, 0.717) is 5.92 Å².